The lowest BCUT2D eigenvalue weighted by Crippen LogP contribution is -2.19. The van der Waals surface area contributed by atoms with Crippen molar-refractivity contribution < 1.29 is 0 Å². The highest BCUT2D eigenvalue weighted by atomic mass is 16.1. The van der Waals surface area contributed by atoms with Gasteiger partial charge in [-0.15, -0.1) is 0 Å². The van der Waals surface area contributed by atoms with Gasteiger partial charge in [-0.2, -0.15) is 9.78 Å². The number of fused-ring (bicyclic) bond motifs is 1. The standard InChI is InChI=1S/C17H16N4O/c1-3-7-14-19-16-13(10-18)11(2)15(17(22)21(16)20-14)12-8-5-4-6-9-12/h4-6,8-9H,3,7H2,1-2H3,(H,19,20). The van der Waals surface area contributed by atoms with E-state index in [4.69, 9.17) is 0 Å². The van der Waals surface area contributed by atoms with E-state index in [1.165, 1.54) is 4.52 Å². The Bertz CT molecular complexity index is 929. The van der Waals surface area contributed by atoms with Crippen molar-refractivity contribution in [2.75, 3.05) is 0 Å². The maximum atomic E-state index is 12.8. The molecule has 0 aliphatic heterocycles. The highest BCUT2D eigenvalue weighted by Gasteiger charge is 2.18. The Hall–Kier alpha value is -2.87. The van der Waals surface area contributed by atoms with Crippen molar-refractivity contribution in [1.82, 2.24) is 14.6 Å². The van der Waals surface area contributed by atoms with Crippen molar-refractivity contribution in [3.63, 3.8) is 0 Å². The van der Waals surface area contributed by atoms with Gasteiger partial charge in [0.15, 0.2) is 5.65 Å². The van der Waals surface area contributed by atoms with Gasteiger partial charge in [0.1, 0.15) is 17.5 Å². The predicted octanol–water partition coefficient (Wildman–Crippen LogP) is 2.82. The summed E-state index contributed by atoms with van der Waals surface area (Å²) < 4.78 is 1.39. The smallest absolute Gasteiger partial charge is 0.276 e. The quantitative estimate of drug-likeness (QED) is 0.806. The molecule has 5 nitrogen and oxygen atoms in total. The Morgan fingerprint density at radius 3 is 2.68 bits per heavy atom. The molecule has 2 aromatic heterocycles. The molecule has 5 heteroatoms. The molecule has 0 spiro atoms. The fraction of sp³-hybridized carbons (Fsp3) is 0.235. The molecule has 0 saturated heterocycles. The fourth-order valence-corrected chi connectivity index (χ4v) is 2.69. The first-order valence-electron chi connectivity index (χ1n) is 7.27. The van der Waals surface area contributed by atoms with Crippen LogP contribution in [-0.4, -0.2) is 14.6 Å². The molecule has 3 aromatic rings. The number of H-pyrrole nitrogens is 1. The van der Waals surface area contributed by atoms with Crippen LogP contribution in [0.3, 0.4) is 0 Å². The zero-order chi connectivity index (χ0) is 15.7. The van der Waals surface area contributed by atoms with E-state index in [0.29, 0.717) is 22.3 Å². The fourth-order valence-electron chi connectivity index (χ4n) is 2.69. The van der Waals surface area contributed by atoms with Gasteiger partial charge in [0.05, 0.1) is 5.56 Å². The van der Waals surface area contributed by atoms with Crippen molar-refractivity contribution in [2.24, 2.45) is 0 Å². The van der Waals surface area contributed by atoms with Crippen molar-refractivity contribution in [3.8, 4) is 17.2 Å². The second-order valence-electron chi connectivity index (χ2n) is 5.24. The highest BCUT2D eigenvalue weighted by Crippen LogP contribution is 2.24. The van der Waals surface area contributed by atoms with E-state index < -0.39 is 0 Å². The largest absolute Gasteiger partial charge is 0.279 e. The average Bonchev–Trinajstić information content (AvgIpc) is 2.93. The summed E-state index contributed by atoms with van der Waals surface area (Å²) in [7, 11) is 0. The second-order valence-corrected chi connectivity index (χ2v) is 5.24. The third-order valence-corrected chi connectivity index (χ3v) is 3.75. The number of nitriles is 1. The van der Waals surface area contributed by atoms with Gasteiger partial charge >= 0.3 is 0 Å². The minimum absolute atomic E-state index is 0.174. The lowest BCUT2D eigenvalue weighted by Gasteiger charge is -2.07. The maximum absolute atomic E-state index is 12.8. The minimum Gasteiger partial charge on any atom is -0.276 e. The summed E-state index contributed by atoms with van der Waals surface area (Å²) in [5, 5.41) is 12.5. The van der Waals surface area contributed by atoms with Gasteiger partial charge in [-0.3, -0.25) is 9.89 Å². The number of pyridine rings is 1. The average molecular weight is 292 g/mol. The molecule has 22 heavy (non-hydrogen) atoms. The van der Waals surface area contributed by atoms with Crippen LogP contribution in [0.15, 0.2) is 35.1 Å². The molecular formula is C17H16N4O. The maximum Gasteiger partial charge on any atom is 0.279 e. The number of rotatable bonds is 3. The zero-order valence-corrected chi connectivity index (χ0v) is 12.6. The number of aromatic nitrogens is 3. The number of hydrogen-bond acceptors (Lipinski definition) is 3. The van der Waals surface area contributed by atoms with E-state index in [-0.39, 0.29) is 5.56 Å². The van der Waals surface area contributed by atoms with Gasteiger partial charge < -0.3 is 0 Å². The van der Waals surface area contributed by atoms with Crippen LogP contribution in [0.1, 0.15) is 30.3 Å². The molecule has 0 aliphatic carbocycles. The Balaban J connectivity index is 2.40. The lowest BCUT2D eigenvalue weighted by atomic mass is 9.99. The molecule has 0 atom stereocenters. The van der Waals surface area contributed by atoms with Crippen LogP contribution in [0.25, 0.3) is 16.8 Å². The number of hydrogen-bond donors (Lipinski definition) is 1. The molecule has 3 rings (SSSR count). The first-order valence-corrected chi connectivity index (χ1v) is 7.27. The Labute approximate surface area is 127 Å². The van der Waals surface area contributed by atoms with Gasteiger partial charge in [-0.05, 0) is 24.5 Å². The molecule has 0 unspecified atom stereocenters. The number of nitrogens with zero attached hydrogens (tertiary/aromatic N) is 3. The highest BCUT2D eigenvalue weighted by molar-refractivity contribution is 5.73. The van der Waals surface area contributed by atoms with Gasteiger partial charge in [0.25, 0.3) is 5.56 Å². The molecule has 0 amide bonds. The van der Waals surface area contributed by atoms with E-state index >= 15 is 0 Å². The minimum atomic E-state index is -0.174. The topological polar surface area (TPSA) is 73.9 Å². The van der Waals surface area contributed by atoms with Crippen LogP contribution in [-0.2, 0) is 6.42 Å². The summed E-state index contributed by atoms with van der Waals surface area (Å²) in [6.45, 7) is 3.85. The first kappa shape index (κ1) is 14.1. The second kappa shape index (κ2) is 5.49. The van der Waals surface area contributed by atoms with Crippen LogP contribution in [0, 0.1) is 18.3 Å². The molecule has 2 heterocycles. The normalized spacial score (nSPS) is 10.8. The van der Waals surface area contributed by atoms with Crippen LogP contribution in [0.5, 0.6) is 0 Å². The first-order chi connectivity index (χ1) is 10.7. The number of aromatic amines is 1. The lowest BCUT2D eigenvalue weighted by molar-refractivity contribution is 0.809. The number of nitrogens with one attached hydrogen (secondary N) is 1. The van der Waals surface area contributed by atoms with E-state index in [9.17, 15) is 10.1 Å². The SMILES string of the molecule is CCCc1nc2c(C#N)c(C)c(-c3ccccc3)c(=O)n2[nH]1. The molecule has 0 bridgehead atoms. The zero-order valence-electron chi connectivity index (χ0n) is 12.6. The van der Waals surface area contributed by atoms with Crippen molar-refractivity contribution in [3.05, 3.63) is 57.6 Å². The summed E-state index contributed by atoms with van der Waals surface area (Å²) in [5.74, 6) is 0.723. The predicted molar refractivity (Wildman–Crippen MR) is 84.7 cm³/mol. The van der Waals surface area contributed by atoms with Crippen molar-refractivity contribution in [1.29, 1.82) is 5.26 Å². The molecule has 0 fully saturated rings. The van der Waals surface area contributed by atoms with E-state index in [0.717, 1.165) is 24.2 Å². The van der Waals surface area contributed by atoms with Crippen molar-refractivity contribution >= 4 is 5.65 Å². The van der Waals surface area contributed by atoms with Crippen LogP contribution < -0.4 is 5.56 Å². The summed E-state index contributed by atoms with van der Waals surface area (Å²) in [4.78, 5) is 17.2. The van der Waals surface area contributed by atoms with Gasteiger partial charge in [-0.1, -0.05) is 37.3 Å². The number of benzene rings is 1. The van der Waals surface area contributed by atoms with Crippen LogP contribution in [0.2, 0.25) is 0 Å². The molecule has 1 aromatic carbocycles. The van der Waals surface area contributed by atoms with Gasteiger partial charge in [0, 0.05) is 6.42 Å². The third-order valence-electron chi connectivity index (χ3n) is 3.75. The third kappa shape index (κ3) is 2.09. The van der Waals surface area contributed by atoms with E-state index in [2.05, 4.69) is 16.2 Å². The van der Waals surface area contributed by atoms with E-state index in [1.807, 2.05) is 37.3 Å². The summed E-state index contributed by atoms with van der Waals surface area (Å²) in [5.41, 5.74) is 2.70. The van der Waals surface area contributed by atoms with E-state index in [1.54, 1.807) is 6.92 Å². The molecular weight excluding hydrogens is 276 g/mol. The summed E-state index contributed by atoms with van der Waals surface area (Å²) in [6, 6.07) is 11.6. The Morgan fingerprint density at radius 1 is 1.32 bits per heavy atom. The Morgan fingerprint density at radius 2 is 2.05 bits per heavy atom. The monoisotopic (exact) mass is 292 g/mol. The number of aryl methyl sites for hydroxylation is 1. The van der Waals surface area contributed by atoms with Gasteiger partial charge in [0.2, 0.25) is 0 Å². The molecule has 110 valence electrons. The van der Waals surface area contributed by atoms with Crippen LogP contribution in [0.4, 0.5) is 0 Å². The molecule has 1 N–H and O–H groups in total. The van der Waals surface area contributed by atoms with Gasteiger partial charge in [-0.25, -0.2) is 4.98 Å². The van der Waals surface area contributed by atoms with Crippen LogP contribution >= 0.6 is 0 Å². The molecule has 0 radical (unpaired) electrons. The Kier molecular flexibility index (Phi) is 3.51. The summed E-state index contributed by atoms with van der Waals surface area (Å²) >= 11 is 0. The van der Waals surface area contributed by atoms with Crippen molar-refractivity contribution in [2.45, 2.75) is 26.7 Å². The molecule has 0 saturated carbocycles. The summed E-state index contributed by atoms with van der Waals surface area (Å²) in [6.07, 6.45) is 1.66. The molecule has 0 aliphatic rings.